The van der Waals surface area contributed by atoms with Crippen molar-refractivity contribution in [2.45, 2.75) is 25.0 Å². The van der Waals surface area contributed by atoms with Gasteiger partial charge < -0.3 is 21.1 Å². The van der Waals surface area contributed by atoms with E-state index >= 15 is 0 Å². The fourth-order valence-electron chi connectivity index (χ4n) is 1.47. The Balaban J connectivity index is 2.70. The number of carbonyl (C=O) groups is 2. The summed E-state index contributed by atoms with van der Waals surface area (Å²) in [7, 11) is 0. The first-order valence-electron chi connectivity index (χ1n) is 5.38. The van der Waals surface area contributed by atoms with Crippen molar-refractivity contribution in [3.8, 4) is 0 Å². The molecule has 1 aromatic rings. The molecule has 2 unspecified atom stereocenters. The predicted octanol–water partition coefficient (Wildman–Crippen LogP) is -0.417. The molecule has 0 spiro atoms. The number of carboxylic acids is 1. The number of aliphatic hydroxyl groups excluding tert-OH is 2. The molecule has 0 saturated heterocycles. The second-order valence-corrected chi connectivity index (χ2v) is 3.93. The molecule has 0 aliphatic carbocycles. The first-order valence-corrected chi connectivity index (χ1v) is 5.38. The van der Waals surface area contributed by atoms with Crippen LogP contribution in [0, 0.1) is 0 Å². The molecule has 18 heavy (non-hydrogen) atoms. The summed E-state index contributed by atoms with van der Waals surface area (Å²) in [5.41, 5.74) is 6.01. The molecule has 2 atom stereocenters. The van der Waals surface area contributed by atoms with Gasteiger partial charge in [-0.1, -0.05) is 24.3 Å². The van der Waals surface area contributed by atoms with Crippen LogP contribution in [-0.2, 0) is 16.0 Å². The molecular weight excluding hydrogens is 238 g/mol. The fourth-order valence-corrected chi connectivity index (χ4v) is 1.47. The standard InChI is InChI=1S/C12H15NO5/c13-12(18)11(17)10(16)8-4-1-7(2-5-8)3-6-9(14)15/h1-2,4-5,10-11,16-17H,3,6H2,(H2,13,18)(H,14,15). The van der Waals surface area contributed by atoms with Crippen molar-refractivity contribution < 1.29 is 24.9 Å². The van der Waals surface area contributed by atoms with Crippen LogP contribution < -0.4 is 5.73 Å². The van der Waals surface area contributed by atoms with Crippen LogP contribution in [0.15, 0.2) is 24.3 Å². The number of aliphatic hydroxyl groups is 2. The number of hydrogen-bond acceptors (Lipinski definition) is 4. The molecule has 1 rings (SSSR count). The summed E-state index contributed by atoms with van der Waals surface area (Å²) in [5.74, 6) is -1.89. The number of rotatable bonds is 6. The lowest BCUT2D eigenvalue weighted by atomic mass is 10.0. The third-order valence-corrected chi connectivity index (χ3v) is 2.54. The lowest BCUT2D eigenvalue weighted by Gasteiger charge is -2.15. The number of aliphatic carboxylic acids is 1. The van der Waals surface area contributed by atoms with E-state index in [4.69, 9.17) is 10.8 Å². The minimum absolute atomic E-state index is 0.0197. The highest BCUT2D eigenvalue weighted by molar-refractivity contribution is 5.79. The van der Waals surface area contributed by atoms with Gasteiger partial charge in [-0.05, 0) is 17.5 Å². The number of benzene rings is 1. The quantitative estimate of drug-likeness (QED) is 0.549. The molecule has 1 aromatic carbocycles. The SMILES string of the molecule is NC(=O)C(O)C(O)c1ccc(CCC(=O)O)cc1. The number of nitrogens with two attached hydrogens (primary N) is 1. The molecule has 0 fully saturated rings. The van der Waals surface area contributed by atoms with Gasteiger partial charge in [-0.2, -0.15) is 0 Å². The molecule has 0 aliphatic rings. The molecule has 0 aliphatic heterocycles. The zero-order chi connectivity index (χ0) is 13.7. The van der Waals surface area contributed by atoms with Crippen LogP contribution in [-0.4, -0.2) is 33.3 Å². The Morgan fingerprint density at radius 2 is 1.72 bits per heavy atom. The molecule has 6 nitrogen and oxygen atoms in total. The van der Waals surface area contributed by atoms with E-state index in [1.54, 1.807) is 12.1 Å². The number of carbonyl (C=O) groups excluding carboxylic acids is 1. The summed E-state index contributed by atoms with van der Waals surface area (Å²) in [5, 5.41) is 27.4. The van der Waals surface area contributed by atoms with Crippen LogP contribution in [0.1, 0.15) is 23.7 Å². The number of hydrogen-bond donors (Lipinski definition) is 4. The number of carboxylic acid groups (broad SMARTS) is 1. The summed E-state index contributed by atoms with van der Waals surface area (Å²) in [6, 6.07) is 6.31. The van der Waals surface area contributed by atoms with Gasteiger partial charge in [0.1, 0.15) is 6.10 Å². The predicted molar refractivity (Wildman–Crippen MR) is 62.6 cm³/mol. The minimum Gasteiger partial charge on any atom is -0.481 e. The fraction of sp³-hybridized carbons (Fsp3) is 0.333. The zero-order valence-corrected chi connectivity index (χ0v) is 9.61. The molecule has 0 heterocycles. The van der Waals surface area contributed by atoms with E-state index in [9.17, 15) is 19.8 Å². The van der Waals surface area contributed by atoms with Crippen molar-refractivity contribution >= 4 is 11.9 Å². The molecule has 1 amide bonds. The van der Waals surface area contributed by atoms with Crippen LogP contribution in [0.5, 0.6) is 0 Å². The first-order chi connectivity index (χ1) is 8.41. The highest BCUT2D eigenvalue weighted by Gasteiger charge is 2.23. The van der Waals surface area contributed by atoms with Gasteiger partial charge in [-0.3, -0.25) is 9.59 Å². The van der Waals surface area contributed by atoms with Gasteiger partial charge in [-0.25, -0.2) is 0 Å². The van der Waals surface area contributed by atoms with Crippen LogP contribution in [0.3, 0.4) is 0 Å². The second kappa shape index (κ2) is 6.13. The smallest absolute Gasteiger partial charge is 0.303 e. The van der Waals surface area contributed by atoms with Gasteiger partial charge in [0.05, 0.1) is 0 Å². The van der Waals surface area contributed by atoms with Gasteiger partial charge in [0.15, 0.2) is 6.10 Å². The summed E-state index contributed by atoms with van der Waals surface area (Å²) < 4.78 is 0. The number of amides is 1. The van der Waals surface area contributed by atoms with Gasteiger partial charge in [0, 0.05) is 6.42 Å². The average Bonchev–Trinajstić information content (AvgIpc) is 2.35. The third kappa shape index (κ3) is 3.83. The van der Waals surface area contributed by atoms with E-state index in [0.29, 0.717) is 12.0 Å². The molecule has 5 N–H and O–H groups in total. The van der Waals surface area contributed by atoms with Gasteiger partial charge in [0.2, 0.25) is 5.91 Å². The summed E-state index contributed by atoms with van der Waals surface area (Å²) in [6.45, 7) is 0. The van der Waals surface area contributed by atoms with Crippen LogP contribution in [0.25, 0.3) is 0 Å². The van der Waals surface area contributed by atoms with Crippen molar-refractivity contribution in [3.05, 3.63) is 35.4 Å². The van der Waals surface area contributed by atoms with E-state index in [-0.39, 0.29) is 6.42 Å². The second-order valence-electron chi connectivity index (χ2n) is 3.93. The van der Waals surface area contributed by atoms with Crippen molar-refractivity contribution in [3.63, 3.8) is 0 Å². The highest BCUT2D eigenvalue weighted by Crippen LogP contribution is 2.18. The Bertz CT molecular complexity index is 429. The lowest BCUT2D eigenvalue weighted by Crippen LogP contribution is -2.33. The zero-order valence-electron chi connectivity index (χ0n) is 9.61. The van der Waals surface area contributed by atoms with Crippen molar-refractivity contribution in [1.82, 2.24) is 0 Å². The van der Waals surface area contributed by atoms with Gasteiger partial charge >= 0.3 is 5.97 Å². The van der Waals surface area contributed by atoms with Crippen LogP contribution in [0.4, 0.5) is 0 Å². The topological polar surface area (TPSA) is 121 Å². The van der Waals surface area contributed by atoms with Crippen molar-refractivity contribution in [1.29, 1.82) is 0 Å². The summed E-state index contributed by atoms with van der Waals surface area (Å²) in [6.07, 6.45) is -2.64. The maximum atomic E-state index is 10.7. The Labute approximate surface area is 104 Å². The normalized spacial score (nSPS) is 13.9. The molecule has 0 bridgehead atoms. The Kier molecular flexibility index (Phi) is 4.82. The first kappa shape index (κ1) is 14.1. The molecule has 0 aromatic heterocycles. The summed E-state index contributed by atoms with van der Waals surface area (Å²) >= 11 is 0. The molecule has 0 radical (unpaired) electrons. The molecule has 98 valence electrons. The number of aryl methyl sites for hydroxylation is 1. The lowest BCUT2D eigenvalue weighted by molar-refractivity contribution is -0.137. The van der Waals surface area contributed by atoms with Gasteiger partial charge in [-0.15, -0.1) is 0 Å². The Morgan fingerprint density at radius 3 is 2.17 bits per heavy atom. The van der Waals surface area contributed by atoms with E-state index < -0.39 is 24.1 Å². The summed E-state index contributed by atoms with van der Waals surface area (Å²) in [4.78, 5) is 21.1. The number of primary amides is 1. The molecular formula is C12H15NO5. The minimum atomic E-state index is -1.66. The maximum absolute atomic E-state index is 10.7. The Morgan fingerprint density at radius 1 is 1.17 bits per heavy atom. The largest absolute Gasteiger partial charge is 0.481 e. The van der Waals surface area contributed by atoms with E-state index in [1.165, 1.54) is 12.1 Å². The van der Waals surface area contributed by atoms with E-state index in [1.807, 2.05) is 0 Å². The Hall–Kier alpha value is -1.92. The van der Waals surface area contributed by atoms with Crippen molar-refractivity contribution in [2.24, 2.45) is 5.73 Å². The van der Waals surface area contributed by atoms with Gasteiger partial charge in [0.25, 0.3) is 0 Å². The highest BCUT2D eigenvalue weighted by atomic mass is 16.4. The van der Waals surface area contributed by atoms with Crippen LogP contribution in [0.2, 0.25) is 0 Å². The molecule has 6 heteroatoms. The monoisotopic (exact) mass is 253 g/mol. The average molecular weight is 253 g/mol. The third-order valence-electron chi connectivity index (χ3n) is 2.54. The van der Waals surface area contributed by atoms with Crippen molar-refractivity contribution in [2.75, 3.05) is 0 Å². The van der Waals surface area contributed by atoms with Crippen LogP contribution >= 0.6 is 0 Å². The maximum Gasteiger partial charge on any atom is 0.303 e. The van der Waals surface area contributed by atoms with E-state index in [0.717, 1.165) is 5.56 Å². The molecule has 0 saturated carbocycles. The van der Waals surface area contributed by atoms with E-state index in [2.05, 4.69) is 0 Å².